The summed E-state index contributed by atoms with van der Waals surface area (Å²) in [7, 11) is 3.69. The lowest BCUT2D eigenvalue weighted by Crippen LogP contribution is -2.49. The van der Waals surface area contributed by atoms with Gasteiger partial charge in [-0.3, -0.25) is 9.78 Å². The second-order valence-corrected chi connectivity index (χ2v) is 7.72. The van der Waals surface area contributed by atoms with Gasteiger partial charge in [0.05, 0.1) is 17.5 Å². The van der Waals surface area contributed by atoms with Crippen molar-refractivity contribution in [1.82, 2.24) is 20.5 Å². The van der Waals surface area contributed by atoms with Gasteiger partial charge in [0.25, 0.3) is 0 Å². The zero-order chi connectivity index (χ0) is 20.0. The van der Waals surface area contributed by atoms with Gasteiger partial charge in [0.15, 0.2) is 5.96 Å². The summed E-state index contributed by atoms with van der Waals surface area (Å²) in [5.41, 5.74) is 1.81. The number of pyridine rings is 1. The summed E-state index contributed by atoms with van der Waals surface area (Å²) in [5, 5.41) is 7.87. The first-order valence-electron chi connectivity index (χ1n) is 10.1. The number of carbonyl (C=O) groups excluding carboxylic acids is 1. The third-order valence-electron chi connectivity index (χ3n) is 5.51. The largest absolute Gasteiger partial charge is 0.357 e. The Balaban J connectivity index is 1.74. The molecule has 28 heavy (non-hydrogen) atoms. The van der Waals surface area contributed by atoms with E-state index in [1.165, 1.54) is 0 Å². The Bertz CT molecular complexity index is 834. The van der Waals surface area contributed by atoms with Gasteiger partial charge in [0, 0.05) is 38.8 Å². The van der Waals surface area contributed by atoms with Crippen LogP contribution < -0.4 is 10.6 Å². The van der Waals surface area contributed by atoms with Crippen molar-refractivity contribution in [1.29, 1.82) is 0 Å². The molecule has 1 heterocycles. The van der Waals surface area contributed by atoms with Crippen LogP contribution in [0.15, 0.2) is 41.5 Å². The minimum atomic E-state index is -0.316. The molecule has 0 atom stereocenters. The molecule has 0 radical (unpaired) electrons. The van der Waals surface area contributed by atoms with Crippen molar-refractivity contribution in [2.45, 2.75) is 39.2 Å². The molecule has 1 amide bonds. The number of guanidine groups is 1. The van der Waals surface area contributed by atoms with Crippen molar-refractivity contribution in [2.75, 3.05) is 27.2 Å². The van der Waals surface area contributed by atoms with Gasteiger partial charge in [-0.2, -0.15) is 0 Å². The molecule has 1 aliphatic carbocycles. The molecule has 1 aromatic carbocycles. The monoisotopic (exact) mass is 381 g/mol. The van der Waals surface area contributed by atoms with Crippen LogP contribution in [0, 0.1) is 5.41 Å². The maximum Gasteiger partial charge on any atom is 0.230 e. The van der Waals surface area contributed by atoms with Gasteiger partial charge in [-0.15, -0.1) is 0 Å². The number of benzene rings is 1. The van der Waals surface area contributed by atoms with E-state index >= 15 is 0 Å². The van der Waals surface area contributed by atoms with E-state index < -0.39 is 0 Å². The number of para-hydroxylation sites is 1. The summed E-state index contributed by atoms with van der Waals surface area (Å²) in [6.45, 7) is 4.01. The number of nitrogens with zero attached hydrogens (tertiary/aromatic N) is 3. The summed E-state index contributed by atoms with van der Waals surface area (Å²) in [6, 6.07) is 10.1. The van der Waals surface area contributed by atoms with Crippen molar-refractivity contribution >= 4 is 22.8 Å². The third-order valence-corrected chi connectivity index (χ3v) is 5.51. The fraction of sp³-hybridized carbons (Fsp3) is 0.500. The van der Waals surface area contributed by atoms with Crippen LogP contribution in [-0.4, -0.2) is 48.9 Å². The van der Waals surface area contributed by atoms with Gasteiger partial charge < -0.3 is 15.5 Å². The van der Waals surface area contributed by atoms with Gasteiger partial charge >= 0.3 is 0 Å². The standard InChI is InChI=1S/C22H31N5O/c1-4-23-21(26-16-22(12-7-8-13-22)20(28)27(2)3)25-15-17-11-14-24-19-10-6-5-9-18(17)19/h5-6,9-11,14H,4,7-8,12-13,15-16H2,1-3H3,(H2,23,25,26). The number of aromatic nitrogens is 1. The van der Waals surface area contributed by atoms with Crippen LogP contribution in [0.4, 0.5) is 0 Å². The van der Waals surface area contributed by atoms with Gasteiger partial charge in [-0.1, -0.05) is 31.0 Å². The van der Waals surface area contributed by atoms with Crippen LogP contribution in [0.25, 0.3) is 10.9 Å². The lowest BCUT2D eigenvalue weighted by atomic mass is 9.84. The molecule has 6 heteroatoms. The Morgan fingerprint density at radius 2 is 1.93 bits per heavy atom. The fourth-order valence-corrected chi connectivity index (χ4v) is 4.04. The maximum atomic E-state index is 12.8. The Labute approximate surface area is 167 Å². The number of nitrogens with one attached hydrogen (secondary N) is 2. The number of amides is 1. The van der Waals surface area contributed by atoms with E-state index in [9.17, 15) is 4.79 Å². The number of rotatable bonds is 6. The molecule has 1 aliphatic rings. The van der Waals surface area contributed by atoms with E-state index in [2.05, 4.69) is 28.6 Å². The summed E-state index contributed by atoms with van der Waals surface area (Å²) < 4.78 is 0. The topological polar surface area (TPSA) is 69.6 Å². The molecule has 1 aromatic heterocycles. The van der Waals surface area contributed by atoms with Crippen LogP contribution in [0.1, 0.15) is 38.2 Å². The van der Waals surface area contributed by atoms with Crippen molar-refractivity contribution < 1.29 is 4.79 Å². The zero-order valence-corrected chi connectivity index (χ0v) is 17.2. The molecule has 1 saturated carbocycles. The summed E-state index contributed by atoms with van der Waals surface area (Å²) >= 11 is 0. The molecular weight excluding hydrogens is 350 g/mol. The maximum absolute atomic E-state index is 12.8. The average molecular weight is 382 g/mol. The van der Waals surface area contributed by atoms with Crippen molar-refractivity contribution in [3.63, 3.8) is 0 Å². The van der Waals surface area contributed by atoms with E-state index in [1.54, 1.807) is 4.90 Å². The minimum absolute atomic E-state index is 0.216. The van der Waals surface area contributed by atoms with E-state index in [4.69, 9.17) is 4.99 Å². The first-order valence-corrected chi connectivity index (χ1v) is 10.1. The van der Waals surface area contributed by atoms with Crippen molar-refractivity contribution in [3.05, 3.63) is 42.1 Å². The van der Waals surface area contributed by atoms with E-state index in [1.807, 2.05) is 44.6 Å². The lowest BCUT2D eigenvalue weighted by Gasteiger charge is -2.31. The lowest BCUT2D eigenvalue weighted by molar-refractivity contribution is -0.138. The van der Waals surface area contributed by atoms with Crippen LogP contribution in [0.5, 0.6) is 0 Å². The predicted octanol–water partition coefficient (Wildman–Crippen LogP) is 2.94. The van der Waals surface area contributed by atoms with E-state index in [0.717, 1.165) is 54.7 Å². The number of aliphatic imine (C=N–C) groups is 1. The molecular formula is C22H31N5O. The molecule has 2 aromatic rings. The Morgan fingerprint density at radius 3 is 2.64 bits per heavy atom. The summed E-state index contributed by atoms with van der Waals surface area (Å²) in [6.07, 6.45) is 5.92. The Morgan fingerprint density at radius 1 is 1.18 bits per heavy atom. The van der Waals surface area contributed by atoms with Crippen LogP contribution in [0.2, 0.25) is 0 Å². The molecule has 0 unspecified atom stereocenters. The molecule has 0 spiro atoms. The molecule has 150 valence electrons. The Hall–Kier alpha value is -2.63. The van der Waals surface area contributed by atoms with Gasteiger partial charge in [0.2, 0.25) is 5.91 Å². The van der Waals surface area contributed by atoms with Crippen molar-refractivity contribution in [2.24, 2.45) is 10.4 Å². The number of hydrogen-bond donors (Lipinski definition) is 2. The highest BCUT2D eigenvalue weighted by atomic mass is 16.2. The fourth-order valence-electron chi connectivity index (χ4n) is 4.04. The highest BCUT2D eigenvalue weighted by Gasteiger charge is 2.42. The molecule has 1 fully saturated rings. The minimum Gasteiger partial charge on any atom is -0.357 e. The molecule has 0 saturated heterocycles. The van der Waals surface area contributed by atoms with E-state index in [-0.39, 0.29) is 11.3 Å². The predicted molar refractivity (Wildman–Crippen MR) is 114 cm³/mol. The third kappa shape index (κ3) is 4.43. The highest BCUT2D eigenvalue weighted by molar-refractivity contribution is 5.85. The van der Waals surface area contributed by atoms with Crippen LogP contribution in [0.3, 0.4) is 0 Å². The Kier molecular flexibility index (Phi) is 6.49. The molecule has 2 N–H and O–H groups in total. The average Bonchev–Trinajstić information content (AvgIpc) is 3.19. The van der Waals surface area contributed by atoms with Gasteiger partial charge in [-0.25, -0.2) is 4.99 Å². The smallest absolute Gasteiger partial charge is 0.230 e. The number of carbonyl (C=O) groups is 1. The van der Waals surface area contributed by atoms with E-state index in [0.29, 0.717) is 13.1 Å². The normalized spacial score (nSPS) is 16.2. The van der Waals surface area contributed by atoms with Crippen molar-refractivity contribution in [3.8, 4) is 0 Å². The number of hydrogen-bond acceptors (Lipinski definition) is 3. The van der Waals surface area contributed by atoms with Crippen LogP contribution >= 0.6 is 0 Å². The molecule has 3 rings (SSSR count). The van der Waals surface area contributed by atoms with Gasteiger partial charge in [-0.05, 0) is 37.5 Å². The van der Waals surface area contributed by atoms with Crippen LogP contribution in [-0.2, 0) is 11.3 Å². The number of fused-ring (bicyclic) bond motifs is 1. The quantitative estimate of drug-likeness (QED) is 0.596. The highest BCUT2D eigenvalue weighted by Crippen LogP contribution is 2.38. The molecule has 0 bridgehead atoms. The summed E-state index contributed by atoms with van der Waals surface area (Å²) in [4.78, 5) is 23.7. The second-order valence-electron chi connectivity index (χ2n) is 7.72. The van der Waals surface area contributed by atoms with Gasteiger partial charge in [0.1, 0.15) is 0 Å². The first-order chi connectivity index (χ1) is 13.6. The SMILES string of the molecule is CCNC(=NCc1ccnc2ccccc12)NCC1(C(=O)N(C)C)CCCC1. The molecule has 6 nitrogen and oxygen atoms in total. The first kappa shape index (κ1) is 20.1. The second kappa shape index (κ2) is 9.04. The summed E-state index contributed by atoms with van der Waals surface area (Å²) in [5.74, 6) is 0.967. The zero-order valence-electron chi connectivity index (χ0n) is 17.2. The molecule has 0 aliphatic heterocycles.